The van der Waals surface area contributed by atoms with Gasteiger partial charge in [0, 0.05) is 5.56 Å². The maximum absolute atomic E-state index is 12.9. The van der Waals surface area contributed by atoms with E-state index in [9.17, 15) is 4.79 Å². The molecule has 1 atom stereocenters. The summed E-state index contributed by atoms with van der Waals surface area (Å²) >= 11 is 0. The Morgan fingerprint density at radius 3 is 2.43 bits per heavy atom. The van der Waals surface area contributed by atoms with Crippen LogP contribution in [0.2, 0.25) is 0 Å². The molecule has 0 bridgehead atoms. The van der Waals surface area contributed by atoms with E-state index in [0.717, 1.165) is 22.8 Å². The van der Waals surface area contributed by atoms with E-state index >= 15 is 0 Å². The van der Waals surface area contributed by atoms with Gasteiger partial charge in [-0.05, 0) is 45.1 Å². The molecule has 110 valence electrons. The Kier molecular flexibility index (Phi) is 4.92. The quantitative estimate of drug-likeness (QED) is 0.601. The molecule has 0 aromatic heterocycles. The number of likely N-dealkylation sites (N-methyl/N-ethyl adjacent to an activating group) is 1. The number of ketones is 1. The molecule has 2 aromatic rings. The highest BCUT2D eigenvalue weighted by Gasteiger charge is 2.22. The molecule has 0 saturated heterocycles. The van der Waals surface area contributed by atoms with E-state index in [4.69, 9.17) is 0 Å². The van der Waals surface area contributed by atoms with Crippen molar-refractivity contribution in [3.8, 4) is 0 Å². The average molecular weight is 281 g/mol. The Hall–Kier alpha value is -1.93. The molecule has 2 aromatic carbocycles. The van der Waals surface area contributed by atoms with Crippen molar-refractivity contribution in [3.63, 3.8) is 0 Å². The zero-order chi connectivity index (χ0) is 15.4. The molecule has 0 aliphatic rings. The summed E-state index contributed by atoms with van der Waals surface area (Å²) in [6.07, 6.45) is 2.88. The van der Waals surface area contributed by atoms with Gasteiger partial charge >= 0.3 is 0 Å². The van der Waals surface area contributed by atoms with Crippen LogP contribution in [0.1, 0.15) is 30.6 Å². The lowest BCUT2D eigenvalue weighted by molar-refractivity contribution is 0.0879. The molecular weight excluding hydrogens is 258 g/mol. The van der Waals surface area contributed by atoms with Gasteiger partial charge in [0.1, 0.15) is 0 Å². The fourth-order valence-corrected chi connectivity index (χ4v) is 2.52. The summed E-state index contributed by atoms with van der Waals surface area (Å²) in [5.41, 5.74) is 2.06. The predicted molar refractivity (Wildman–Crippen MR) is 89.8 cm³/mol. The third-order valence-electron chi connectivity index (χ3n) is 3.73. The summed E-state index contributed by atoms with van der Waals surface area (Å²) in [7, 11) is 3.93. The first-order valence-electron chi connectivity index (χ1n) is 7.32. The molecule has 0 aliphatic carbocycles. The average Bonchev–Trinajstić information content (AvgIpc) is 2.46. The van der Waals surface area contributed by atoms with Gasteiger partial charge in [-0.2, -0.15) is 0 Å². The number of fused-ring (bicyclic) bond motifs is 1. The minimum Gasteiger partial charge on any atom is -0.299 e. The highest BCUT2D eigenvalue weighted by Crippen LogP contribution is 2.22. The minimum absolute atomic E-state index is 0.120. The molecule has 0 spiro atoms. The molecule has 0 aliphatic heterocycles. The molecule has 2 rings (SSSR count). The van der Waals surface area contributed by atoms with Gasteiger partial charge in [0.25, 0.3) is 0 Å². The molecule has 0 saturated carbocycles. The van der Waals surface area contributed by atoms with Crippen LogP contribution >= 0.6 is 0 Å². The van der Waals surface area contributed by atoms with Crippen LogP contribution in [0.25, 0.3) is 10.8 Å². The standard InChI is InChI=1S/C19H23NO/c1-14(2)12-13-18(20(3)4)19(21)17-11-7-9-15-8-5-6-10-16(15)17/h5-12,18H,13H2,1-4H3. The second-order valence-corrected chi connectivity index (χ2v) is 5.89. The highest BCUT2D eigenvalue weighted by atomic mass is 16.1. The largest absolute Gasteiger partial charge is 0.299 e. The summed E-state index contributed by atoms with van der Waals surface area (Å²) in [5, 5.41) is 2.15. The van der Waals surface area contributed by atoms with Crippen molar-refractivity contribution >= 4 is 16.6 Å². The van der Waals surface area contributed by atoms with Crippen LogP contribution in [0.5, 0.6) is 0 Å². The topological polar surface area (TPSA) is 20.3 Å². The SMILES string of the molecule is CC(C)=CCC(C(=O)c1cccc2ccccc12)N(C)C. The third kappa shape index (κ3) is 3.59. The Labute approximate surface area is 127 Å². The van der Waals surface area contributed by atoms with Gasteiger partial charge in [0.2, 0.25) is 0 Å². The van der Waals surface area contributed by atoms with Crippen LogP contribution in [0.4, 0.5) is 0 Å². The number of hydrogen-bond acceptors (Lipinski definition) is 2. The first kappa shape index (κ1) is 15.5. The van der Waals surface area contributed by atoms with E-state index in [1.165, 1.54) is 5.57 Å². The van der Waals surface area contributed by atoms with E-state index in [1.54, 1.807) is 0 Å². The molecule has 21 heavy (non-hydrogen) atoms. The number of nitrogens with zero attached hydrogens (tertiary/aromatic N) is 1. The zero-order valence-corrected chi connectivity index (χ0v) is 13.3. The van der Waals surface area contributed by atoms with Crippen LogP contribution in [0, 0.1) is 0 Å². The first-order chi connectivity index (χ1) is 10.0. The Balaban J connectivity index is 2.41. The second kappa shape index (κ2) is 6.68. The molecule has 0 amide bonds. The number of carbonyl (C=O) groups excluding carboxylic acids is 1. The normalized spacial score (nSPS) is 12.4. The molecule has 0 radical (unpaired) electrons. The molecule has 0 fully saturated rings. The van der Waals surface area contributed by atoms with Crippen LogP contribution in [-0.2, 0) is 0 Å². The number of carbonyl (C=O) groups is 1. The molecule has 2 heteroatoms. The Morgan fingerprint density at radius 1 is 1.10 bits per heavy atom. The smallest absolute Gasteiger partial charge is 0.180 e. The molecule has 0 N–H and O–H groups in total. The van der Waals surface area contributed by atoms with E-state index in [2.05, 4.69) is 19.9 Å². The van der Waals surface area contributed by atoms with Crippen LogP contribution in [0.15, 0.2) is 54.1 Å². The zero-order valence-electron chi connectivity index (χ0n) is 13.3. The Morgan fingerprint density at radius 2 is 1.76 bits per heavy atom. The van der Waals surface area contributed by atoms with Crippen molar-refractivity contribution in [3.05, 3.63) is 59.7 Å². The highest BCUT2D eigenvalue weighted by molar-refractivity contribution is 6.10. The summed E-state index contributed by atoms with van der Waals surface area (Å²) in [6, 6.07) is 13.9. The lowest BCUT2D eigenvalue weighted by Gasteiger charge is -2.22. The minimum atomic E-state index is -0.120. The number of Topliss-reactive ketones (excluding diaryl/α,β-unsaturated/α-hetero) is 1. The molecule has 0 heterocycles. The van der Waals surface area contributed by atoms with E-state index in [-0.39, 0.29) is 11.8 Å². The fraction of sp³-hybridized carbons (Fsp3) is 0.316. The van der Waals surface area contributed by atoms with Crippen molar-refractivity contribution in [2.24, 2.45) is 0 Å². The molecule has 1 unspecified atom stereocenters. The maximum atomic E-state index is 12.9. The lowest BCUT2D eigenvalue weighted by atomic mass is 9.95. The second-order valence-electron chi connectivity index (χ2n) is 5.89. The summed E-state index contributed by atoms with van der Waals surface area (Å²) in [4.78, 5) is 14.9. The van der Waals surface area contributed by atoms with E-state index < -0.39 is 0 Å². The summed E-state index contributed by atoms with van der Waals surface area (Å²) < 4.78 is 0. The fourth-order valence-electron chi connectivity index (χ4n) is 2.52. The first-order valence-corrected chi connectivity index (χ1v) is 7.32. The van der Waals surface area contributed by atoms with Crippen molar-refractivity contribution in [1.29, 1.82) is 0 Å². The number of rotatable bonds is 5. The monoisotopic (exact) mass is 281 g/mol. The van der Waals surface area contributed by atoms with E-state index in [0.29, 0.717) is 0 Å². The van der Waals surface area contributed by atoms with Crippen LogP contribution in [-0.4, -0.2) is 30.8 Å². The molecular formula is C19H23NO. The van der Waals surface area contributed by atoms with Gasteiger partial charge in [-0.25, -0.2) is 0 Å². The van der Waals surface area contributed by atoms with E-state index in [1.807, 2.05) is 61.5 Å². The van der Waals surface area contributed by atoms with Crippen molar-refractivity contribution < 1.29 is 4.79 Å². The maximum Gasteiger partial charge on any atom is 0.180 e. The predicted octanol–water partition coefficient (Wildman–Crippen LogP) is 4.31. The van der Waals surface area contributed by atoms with Crippen molar-refractivity contribution in [2.75, 3.05) is 14.1 Å². The molecule has 2 nitrogen and oxygen atoms in total. The number of hydrogen-bond donors (Lipinski definition) is 0. The van der Waals surface area contributed by atoms with Gasteiger partial charge in [0.15, 0.2) is 5.78 Å². The Bertz CT molecular complexity index is 661. The van der Waals surface area contributed by atoms with Crippen molar-refractivity contribution in [2.45, 2.75) is 26.3 Å². The van der Waals surface area contributed by atoms with Crippen molar-refractivity contribution in [1.82, 2.24) is 4.90 Å². The van der Waals surface area contributed by atoms with Gasteiger partial charge < -0.3 is 0 Å². The van der Waals surface area contributed by atoms with Gasteiger partial charge in [0.05, 0.1) is 6.04 Å². The summed E-state index contributed by atoms with van der Waals surface area (Å²) in [5.74, 6) is 0.189. The lowest BCUT2D eigenvalue weighted by Crippen LogP contribution is -2.35. The van der Waals surface area contributed by atoms with Gasteiger partial charge in [-0.1, -0.05) is 54.1 Å². The summed E-state index contributed by atoms with van der Waals surface area (Å²) in [6.45, 7) is 4.13. The van der Waals surface area contributed by atoms with Crippen LogP contribution < -0.4 is 0 Å². The number of benzene rings is 2. The van der Waals surface area contributed by atoms with Gasteiger partial charge in [-0.15, -0.1) is 0 Å². The number of allylic oxidation sites excluding steroid dienone is 1. The van der Waals surface area contributed by atoms with Crippen LogP contribution in [0.3, 0.4) is 0 Å². The van der Waals surface area contributed by atoms with Gasteiger partial charge in [-0.3, -0.25) is 9.69 Å². The third-order valence-corrected chi connectivity index (χ3v) is 3.73.